The number of nitrogens with one attached hydrogen (secondary N) is 1. The molecule has 2 aliphatic heterocycles. The van der Waals surface area contributed by atoms with Crippen LogP contribution in [0.4, 0.5) is 30.0 Å². The normalized spacial score (nSPS) is 16.0. The number of carbonyl (C=O) groups excluding carboxylic acids is 3. The average molecular weight is 1070 g/mol. The number of hydrogen-bond acceptors (Lipinski definition) is 15. The number of hydrogen-bond donors (Lipinski definition) is 7. The van der Waals surface area contributed by atoms with Crippen molar-refractivity contribution in [3.63, 3.8) is 0 Å². The Labute approximate surface area is 440 Å². The van der Waals surface area contributed by atoms with Crippen molar-refractivity contribution in [1.82, 2.24) is 35.1 Å². The van der Waals surface area contributed by atoms with Gasteiger partial charge in [-0.1, -0.05) is 59.6 Å². The van der Waals surface area contributed by atoms with Crippen molar-refractivity contribution in [3.05, 3.63) is 153 Å². The number of anilines is 2. The van der Waals surface area contributed by atoms with Crippen LogP contribution in [-0.2, 0) is 9.47 Å². The summed E-state index contributed by atoms with van der Waals surface area (Å²) in [6.07, 6.45) is 5.51. The van der Waals surface area contributed by atoms with E-state index >= 15 is 4.39 Å². The van der Waals surface area contributed by atoms with Gasteiger partial charge in [-0.15, -0.1) is 0 Å². The predicted octanol–water partition coefficient (Wildman–Crippen LogP) is 7.77. The van der Waals surface area contributed by atoms with Crippen LogP contribution in [0, 0.1) is 11.6 Å². The molecule has 3 amide bonds. The Morgan fingerprint density at radius 1 is 0.707 bits per heavy atom. The van der Waals surface area contributed by atoms with Gasteiger partial charge in [-0.2, -0.15) is 0 Å². The minimum absolute atomic E-state index is 0.0483. The van der Waals surface area contributed by atoms with E-state index in [-0.39, 0.29) is 59.7 Å². The Kier molecular flexibility index (Phi) is 20.1. The molecule has 4 heterocycles. The third kappa shape index (κ3) is 14.8. The van der Waals surface area contributed by atoms with Gasteiger partial charge in [0, 0.05) is 59.2 Å². The molecule has 0 radical (unpaired) electrons. The molecule has 4 atom stereocenters. The van der Waals surface area contributed by atoms with E-state index in [9.17, 15) is 28.7 Å². The lowest BCUT2D eigenvalue weighted by molar-refractivity contribution is 0.0691. The fourth-order valence-electron chi connectivity index (χ4n) is 8.39. The van der Waals surface area contributed by atoms with Crippen molar-refractivity contribution >= 4 is 58.9 Å². The highest BCUT2D eigenvalue weighted by atomic mass is 35.5. The topological polar surface area (TPSA) is 296 Å². The number of amides is 3. The van der Waals surface area contributed by atoms with Gasteiger partial charge in [-0.3, -0.25) is 4.79 Å². The highest BCUT2D eigenvalue weighted by molar-refractivity contribution is 6.30. The molecule has 396 valence electrons. The van der Waals surface area contributed by atoms with Crippen LogP contribution in [0.2, 0.25) is 10.0 Å². The lowest BCUT2D eigenvalue weighted by Crippen LogP contribution is -2.39. The summed E-state index contributed by atoms with van der Waals surface area (Å²) in [6, 6.07) is 20.5. The molecule has 6 aromatic rings. The highest BCUT2D eigenvalue weighted by Crippen LogP contribution is 2.32. The SMILES string of the molecule is COC(=O)N1CCCC(c2cnc(N)c(-c3ccc(C(=O)N[C@H](CO)c4cccc(Cl)c4)c(F)c3)n2)C1.COC(=O)N1CCCC(c2cnc(N)c(-c3ccc(C(=O)O)c(F)c3)n2)C1.N[C@H](CO)c1cccc(Cl)c1. The zero-order valence-electron chi connectivity index (χ0n) is 40.8. The third-order valence-corrected chi connectivity index (χ3v) is 12.8. The second-order valence-electron chi connectivity index (χ2n) is 17.4. The standard InChI is InChI=1S/C26H27ClFN5O4.C18H19FN4O4.C8H10ClNO/c1-37-26(36)33-9-3-5-17(13-33)21-12-30-24(29)23(31-21)16-7-8-19(20(28)11-16)25(35)32-22(14-34)15-4-2-6-18(27)10-15;1-27-18(26)23-6-2-3-11(9-23)14-8-21-16(20)15(22-14)10-4-5-12(17(24)25)13(19)7-10;9-7-3-1-2-6(4-7)8(10)5-11/h2,4,6-8,10-12,17,22,34H,3,5,9,13-14H2,1H3,(H2,29,30)(H,32,35);4-5,7-8,11H,2-3,6,9H2,1H3,(H2,20,21)(H,24,25);1-4,8,11H,5,10H2/t17?,22-;;8-/m1.1/s1. The number of aromatic nitrogens is 4. The molecule has 23 heteroatoms. The first-order valence-corrected chi connectivity index (χ1v) is 24.2. The largest absolute Gasteiger partial charge is 0.478 e. The van der Waals surface area contributed by atoms with Crippen LogP contribution in [-0.4, -0.2) is 123 Å². The molecule has 0 saturated carbocycles. The maximum absolute atomic E-state index is 15.1. The van der Waals surface area contributed by atoms with Crippen molar-refractivity contribution in [3.8, 4) is 22.5 Å². The van der Waals surface area contributed by atoms with E-state index in [1.165, 1.54) is 44.6 Å². The van der Waals surface area contributed by atoms with Gasteiger partial charge < -0.3 is 57.1 Å². The number of nitrogen functional groups attached to an aromatic ring is 2. The van der Waals surface area contributed by atoms with E-state index in [1.54, 1.807) is 58.6 Å². The van der Waals surface area contributed by atoms with Crippen molar-refractivity contribution in [2.45, 2.75) is 49.6 Å². The van der Waals surface area contributed by atoms with E-state index < -0.39 is 47.3 Å². The summed E-state index contributed by atoms with van der Waals surface area (Å²) in [6.45, 7) is 1.63. The number of carboxylic acids is 1. The first kappa shape index (κ1) is 56.7. The molecule has 10 N–H and O–H groups in total. The summed E-state index contributed by atoms with van der Waals surface area (Å²) in [7, 11) is 2.68. The number of carboxylic acid groups (broad SMARTS) is 1. The fraction of sp³-hybridized carbons (Fsp3) is 0.308. The zero-order valence-corrected chi connectivity index (χ0v) is 42.3. The third-order valence-electron chi connectivity index (χ3n) is 12.4. The van der Waals surface area contributed by atoms with E-state index in [0.717, 1.165) is 37.3 Å². The van der Waals surface area contributed by atoms with Crippen molar-refractivity contribution < 1.29 is 52.8 Å². The molecule has 0 aliphatic carbocycles. The van der Waals surface area contributed by atoms with Gasteiger partial charge in [0.2, 0.25) is 0 Å². The Morgan fingerprint density at radius 3 is 1.60 bits per heavy atom. The molecule has 8 rings (SSSR count). The minimum Gasteiger partial charge on any atom is -0.478 e. The van der Waals surface area contributed by atoms with Crippen molar-refractivity contribution in [2.75, 3.05) is 65.1 Å². The molecule has 0 bridgehead atoms. The number of ether oxygens (including phenoxy) is 2. The summed E-state index contributed by atoms with van der Waals surface area (Å²) in [5.41, 5.74) is 20.9. The summed E-state index contributed by atoms with van der Waals surface area (Å²) in [5, 5.41) is 31.1. The number of halogens is 4. The van der Waals surface area contributed by atoms with Gasteiger partial charge in [-0.25, -0.2) is 43.1 Å². The molecule has 2 unspecified atom stereocenters. The molecule has 0 spiro atoms. The van der Waals surface area contributed by atoms with Gasteiger partial charge in [0.05, 0.1) is 74.4 Å². The molecule has 2 aromatic heterocycles. The van der Waals surface area contributed by atoms with Crippen LogP contribution < -0.4 is 22.5 Å². The molecule has 75 heavy (non-hydrogen) atoms. The van der Waals surface area contributed by atoms with Gasteiger partial charge in [-0.05, 0) is 85.3 Å². The summed E-state index contributed by atoms with van der Waals surface area (Å²) < 4.78 is 38.7. The van der Waals surface area contributed by atoms with E-state index in [2.05, 4.69) is 25.3 Å². The molecular formula is C52H56Cl2F2N10O9. The van der Waals surface area contributed by atoms with Crippen LogP contribution >= 0.6 is 23.2 Å². The Bertz CT molecular complexity index is 3000. The second-order valence-corrected chi connectivity index (χ2v) is 18.2. The number of nitrogens with zero attached hydrogens (tertiary/aromatic N) is 6. The van der Waals surface area contributed by atoms with Crippen LogP contribution in [0.3, 0.4) is 0 Å². The Morgan fingerprint density at radius 2 is 1.17 bits per heavy atom. The number of methoxy groups -OCH3 is 2. The van der Waals surface area contributed by atoms with Crippen LogP contribution in [0.1, 0.15) is 92.8 Å². The maximum Gasteiger partial charge on any atom is 0.409 e. The molecule has 19 nitrogen and oxygen atoms in total. The number of piperidine rings is 2. The van der Waals surface area contributed by atoms with Crippen LogP contribution in [0.15, 0.2) is 97.3 Å². The molecule has 2 saturated heterocycles. The first-order valence-electron chi connectivity index (χ1n) is 23.5. The minimum atomic E-state index is -1.35. The average Bonchev–Trinajstić information content (AvgIpc) is 3.42. The number of likely N-dealkylation sites (tertiary alicyclic amines) is 2. The number of rotatable bonds is 11. The van der Waals surface area contributed by atoms with E-state index in [4.69, 9.17) is 60.1 Å². The summed E-state index contributed by atoms with van der Waals surface area (Å²) in [5.74, 6) is -3.59. The molecule has 2 aliphatic rings. The van der Waals surface area contributed by atoms with Crippen LogP contribution in [0.5, 0.6) is 0 Å². The van der Waals surface area contributed by atoms with E-state index in [1.807, 2.05) is 12.1 Å². The van der Waals surface area contributed by atoms with Gasteiger partial charge in [0.1, 0.15) is 34.7 Å². The first-order chi connectivity index (χ1) is 35.9. The fourth-order valence-corrected chi connectivity index (χ4v) is 8.79. The lowest BCUT2D eigenvalue weighted by Gasteiger charge is -2.31. The second kappa shape index (κ2) is 26.6. The number of benzene rings is 4. The molecule has 2 fully saturated rings. The zero-order chi connectivity index (χ0) is 54.3. The lowest BCUT2D eigenvalue weighted by atomic mass is 9.95. The number of aromatic carboxylic acids is 1. The number of aliphatic hydroxyl groups is 2. The highest BCUT2D eigenvalue weighted by Gasteiger charge is 2.29. The van der Waals surface area contributed by atoms with Gasteiger partial charge >= 0.3 is 18.2 Å². The van der Waals surface area contributed by atoms with Crippen molar-refractivity contribution in [2.24, 2.45) is 5.73 Å². The van der Waals surface area contributed by atoms with Gasteiger partial charge in [0.25, 0.3) is 5.91 Å². The maximum atomic E-state index is 15.1. The molecule has 4 aromatic carbocycles. The van der Waals surface area contributed by atoms with Crippen LogP contribution in [0.25, 0.3) is 22.5 Å². The Balaban J connectivity index is 0.000000209. The Hall–Kier alpha value is -7.56. The summed E-state index contributed by atoms with van der Waals surface area (Å²) >= 11 is 11.7. The quantitative estimate of drug-likeness (QED) is 0.0652. The van der Waals surface area contributed by atoms with Crippen molar-refractivity contribution in [1.29, 1.82) is 0 Å². The predicted molar refractivity (Wildman–Crippen MR) is 277 cm³/mol. The number of nitrogens with two attached hydrogens (primary N) is 3. The number of carbonyl (C=O) groups is 4. The smallest absolute Gasteiger partial charge is 0.409 e. The molecular weight excluding hydrogens is 1020 g/mol. The summed E-state index contributed by atoms with van der Waals surface area (Å²) in [4.78, 5) is 68.2. The van der Waals surface area contributed by atoms with Gasteiger partial charge in [0.15, 0.2) is 0 Å². The van der Waals surface area contributed by atoms with E-state index in [0.29, 0.717) is 64.3 Å². The monoisotopic (exact) mass is 1070 g/mol. The number of aliphatic hydroxyl groups excluding tert-OH is 2.